The van der Waals surface area contributed by atoms with Gasteiger partial charge >= 0.3 is 0 Å². The number of rotatable bonds is 6. The van der Waals surface area contributed by atoms with Gasteiger partial charge in [0, 0.05) is 12.5 Å². The maximum absolute atomic E-state index is 11.1. The summed E-state index contributed by atoms with van der Waals surface area (Å²) in [5.41, 5.74) is 3.84. The molecule has 0 unspecified atom stereocenters. The number of ketones is 1. The molecule has 1 aromatic rings. The smallest absolute Gasteiger partial charge is 0.163 e. The Morgan fingerprint density at radius 1 is 1.27 bits per heavy atom. The van der Waals surface area contributed by atoms with Crippen molar-refractivity contribution >= 4 is 5.78 Å². The molecule has 78 valence electrons. The average Bonchev–Trinajstić information content (AvgIpc) is 2.26. The molecule has 1 heteroatoms. The first-order chi connectivity index (χ1) is 7.33. The zero-order valence-electron chi connectivity index (χ0n) is 8.91. The van der Waals surface area contributed by atoms with Crippen LogP contribution < -0.4 is 0 Å². The molecule has 0 atom stereocenters. The fraction of sp³-hybridized carbons (Fsp3) is 0.286. The first-order valence-electron chi connectivity index (χ1n) is 5.25. The first kappa shape index (κ1) is 11.5. The average molecular weight is 200 g/mol. The highest BCUT2D eigenvalue weighted by Gasteiger charge is 1.97. The van der Waals surface area contributed by atoms with E-state index in [9.17, 15) is 4.79 Å². The molecular weight excluding hydrogens is 184 g/mol. The third-order valence-corrected chi connectivity index (χ3v) is 2.24. The minimum absolute atomic E-state index is 0.123. The van der Waals surface area contributed by atoms with Crippen LogP contribution in [0, 0.1) is 0 Å². The summed E-state index contributed by atoms with van der Waals surface area (Å²) in [6.07, 6.45) is 5.07. The van der Waals surface area contributed by atoms with Gasteiger partial charge in [0.05, 0.1) is 0 Å². The molecule has 15 heavy (non-hydrogen) atoms. The number of aryl methyl sites for hydroxylation is 1. The van der Waals surface area contributed by atoms with Gasteiger partial charge in [0.15, 0.2) is 5.78 Å². The number of allylic oxidation sites excluding steroid dienone is 1. The molecule has 0 N–H and O–H groups in total. The van der Waals surface area contributed by atoms with E-state index < -0.39 is 0 Å². The van der Waals surface area contributed by atoms with Crippen molar-refractivity contribution in [2.24, 2.45) is 0 Å². The van der Waals surface area contributed by atoms with Gasteiger partial charge in [0.1, 0.15) is 0 Å². The van der Waals surface area contributed by atoms with Crippen molar-refractivity contribution in [3.05, 3.63) is 54.3 Å². The molecule has 0 radical (unpaired) electrons. The Bertz CT molecular complexity index is 345. The topological polar surface area (TPSA) is 17.1 Å². The SMILES string of the molecule is C=C=CC(=O)CCCCc1ccccc1. The lowest BCUT2D eigenvalue weighted by molar-refractivity contribution is -0.114. The predicted octanol–water partition coefficient (Wildman–Crippen LogP) is 3.31. The summed E-state index contributed by atoms with van der Waals surface area (Å²) in [6.45, 7) is 3.38. The minimum atomic E-state index is 0.123. The highest BCUT2D eigenvalue weighted by molar-refractivity contribution is 5.89. The zero-order chi connectivity index (χ0) is 10.9. The molecule has 0 spiro atoms. The summed E-state index contributed by atoms with van der Waals surface area (Å²) in [5.74, 6) is 0.123. The Morgan fingerprint density at radius 2 is 2.00 bits per heavy atom. The molecule has 0 amide bonds. The van der Waals surface area contributed by atoms with Crippen molar-refractivity contribution in [3.8, 4) is 0 Å². The lowest BCUT2D eigenvalue weighted by Gasteiger charge is -1.99. The Kier molecular flexibility index (Phi) is 5.21. The van der Waals surface area contributed by atoms with E-state index in [-0.39, 0.29) is 5.78 Å². The third-order valence-electron chi connectivity index (χ3n) is 2.24. The molecule has 0 saturated carbocycles. The molecule has 1 aromatic carbocycles. The van der Waals surface area contributed by atoms with Crippen LogP contribution in [0.4, 0.5) is 0 Å². The van der Waals surface area contributed by atoms with Crippen molar-refractivity contribution < 1.29 is 4.79 Å². The van der Waals surface area contributed by atoms with Crippen molar-refractivity contribution in [3.63, 3.8) is 0 Å². The normalized spacial score (nSPS) is 9.33. The van der Waals surface area contributed by atoms with E-state index in [1.54, 1.807) is 0 Å². The van der Waals surface area contributed by atoms with Crippen LogP contribution in [0.25, 0.3) is 0 Å². The van der Waals surface area contributed by atoms with Gasteiger partial charge in [-0.05, 0) is 24.8 Å². The van der Waals surface area contributed by atoms with E-state index in [1.165, 1.54) is 11.6 Å². The van der Waals surface area contributed by atoms with Gasteiger partial charge in [0.25, 0.3) is 0 Å². The number of carbonyl (C=O) groups excluding carboxylic acids is 1. The fourth-order valence-corrected chi connectivity index (χ4v) is 1.46. The lowest BCUT2D eigenvalue weighted by atomic mass is 10.1. The molecular formula is C14H16O. The Balaban J connectivity index is 2.17. The Labute approximate surface area is 91.1 Å². The number of carbonyl (C=O) groups is 1. The molecule has 1 nitrogen and oxygen atoms in total. The number of hydrogen-bond acceptors (Lipinski definition) is 1. The summed E-state index contributed by atoms with van der Waals surface area (Å²) in [5, 5.41) is 0. The molecule has 0 bridgehead atoms. The minimum Gasteiger partial charge on any atom is -0.294 e. The monoisotopic (exact) mass is 200 g/mol. The second-order valence-corrected chi connectivity index (χ2v) is 3.51. The van der Waals surface area contributed by atoms with Gasteiger partial charge in [-0.3, -0.25) is 4.79 Å². The molecule has 0 fully saturated rings. The van der Waals surface area contributed by atoms with Gasteiger partial charge in [-0.2, -0.15) is 0 Å². The van der Waals surface area contributed by atoms with Crippen molar-refractivity contribution in [1.82, 2.24) is 0 Å². The maximum atomic E-state index is 11.1. The van der Waals surface area contributed by atoms with Crippen molar-refractivity contribution in [1.29, 1.82) is 0 Å². The quantitative estimate of drug-likeness (QED) is 0.391. The molecule has 1 rings (SSSR count). The van der Waals surface area contributed by atoms with Crippen molar-refractivity contribution in [2.45, 2.75) is 25.7 Å². The van der Waals surface area contributed by atoms with Crippen LogP contribution in [-0.4, -0.2) is 5.78 Å². The number of hydrogen-bond donors (Lipinski definition) is 0. The van der Waals surface area contributed by atoms with Crippen LogP contribution in [0.5, 0.6) is 0 Å². The van der Waals surface area contributed by atoms with E-state index in [2.05, 4.69) is 24.4 Å². The summed E-state index contributed by atoms with van der Waals surface area (Å²) in [7, 11) is 0. The van der Waals surface area contributed by atoms with Crippen molar-refractivity contribution in [2.75, 3.05) is 0 Å². The van der Waals surface area contributed by atoms with Crippen LogP contribution in [0.1, 0.15) is 24.8 Å². The van der Waals surface area contributed by atoms with E-state index in [0.29, 0.717) is 6.42 Å². The number of benzene rings is 1. The largest absolute Gasteiger partial charge is 0.294 e. The second-order valence-electron chi connectivity index (χ2n) is 3.51. The van der Waals surface area contributed by atoms with Gasteiger partial charge < -0.3 is 0 Å². The highest BCUT2D eigenvalue weighted by atomic mass is 16.1. The van der Waals surface area contributed by atoms with E-state index in [4.69, 9.17) is 0 Å². The highest BCUT2D eigenvalue weighted by Crippen LogP contribution is 2.06. The maximum Gasteiger partial charge on any atom is 0.163 e. The molecule has 0 aliphatic heterocycles. The number of unbranched alkanes of at least 4 members (excludes halogenated alkanes) is 1. The standard InChI is InChI=1S/C14H16O/c1-2-8-14(15)12-7-6-11-13-9-4-3-5-10-13/h3-5,8-10H,1,6-7,11-12H2. The molecule has 0 aromatic heterocycles. The van der Waals surface area contributed by atoms with Crippen LogP contribution >= 0.6 is 0 Å². The van der Waals surface area contributed by atoms with E-state index >= 15 is 0 Å². The zero-order valence-corrected chi connectivity index (χ0v) is 8.91. The summed E-state index contributed by atoms with van der Waals surface area (Å²) < 4.78 is 0. The second kappa shape index (κ2) is 6.80. The summed E-state index contributed by atoms with van der Waals surface area (Å²) in [4.78, 5) is 11.1. The first-order valence-corrected chi connectivity index (χ1v) is 5.25. The van der Waals surface area contributed by atoms with Crippen LogP contribution in [0.2, 0.25) is 0 Å². The molecule has 0 heterocycles. The fourth-order valence-electron chi connectivity index (χ4n) is 1.46. The van der Waals surface area contributed by atoms with E-state index in [1.807, 2.05) is 18.2 Å². The Hall–Kier alpha value is -1.59. The van der Waals surface area contributed by atoms with E-state index in [0.717, 1.165) is 19.3 Å². The van der Waals surface area contributed by atoms with Gasteiger partial charge in [-0.1, -0.05) is 36.9 Å². The van der Waals surface area contributed by atoms with Gasteiger partial charge in [-0.15, -0.1) is 5.73 Å². The van der Waals surface area contributed by atoms with Gasteiger partial charge in [0.2, 0.25) is 0 Å². The Morgan fingerprint density at radius 3 is 2.67 bits per heavy atom. The third kappa shape index (κ3) is 4.99. The summed E-state index contributed by atoms with van der Waals surface area (Å²) in [6, 6.07) is 10.3. The molecule has 0 aliphatic rings. The lowest BCUT2D eigenvalue weighted by Crippen LogP contribution is -1.93. The van der Waals surface area contributed by atoms with Crippen LogP contribution in [0.3, 0.4) is 0 Å². The summed E-state index contributed by atoms with van der Waals surface area (Å²) >= 11 is 0. The predicted molar refractivity (Wildman–Crippen MR) is 62.7 cm³/mol. The van der Waals surface area contributed by atoms with Gasteiger partial charge in [-0.25, -0.2) is 0 Å². The molecule has 0 saturated heterocycles. The van der Waals surface area contributed by atoms with Crippen LogP contribution in [0.15, 0.2) is 48.7 Å². The molecule has 0 aliphatic carbocycles. The van der Waals surface area contributed by atoms with Crippen LogP contribution in [-0.2, 0) is 11.2 Å².